The summed E-state index contributed by atoms with van der Waals surface area (Å²) in [5, 5.41) is 10.9. The fraction of sp³-hybridized carbons (Fsp3) is 0.385. The van der Waals surface area contributed by atoms with Gasteiger partial charge >= 0.3 is 0 Å². The van der Waals surface area contributed by atoms with E-state index < -0.39 is 0 Å². The van der Waals surface area contributed by atoms with Gasteiger partial charge in [0, 0.05) is 17.6 Å². The first-order valence-electron chi connectivity index (χ1n) is 5.64. The average molecular weight is 235 g/mol. The maximum Gasteiger partial charge on any atom is 0.249 e. The molecule has 0 unspecified atom stereocenters. The molecule has 0 aliphatic rings. The summed E-state index contributed by atoms with van der Waals surface area (Å²) in [7, 11) is 0. The molecule has 4 heteroatoms. The molecule has 0 heterocycles. The van der Waals surface area contributed by atoms with E-state index in [4.69, 9.17) is 4.74 Å². The molecule has 1 aromatic carbocycles. The van der Waals surface area contributed by atoms with Crippen molar-refractivity contribution in [3.05, 3.63) is 45.6 Å². The summed E-state index contributed by atoms with van der Waals surface area (Å²) < 4.78 is 5.43. The number of hydrogen-bond donors (Lipinski definition) is 0. The first-order valence-corrected chi connectivity index (χ1v) is 5.64. The molecule has 0 fully saturated rings. The van der Waals surface area contributed by atoms with Gasteiger partial charge in [-0.15, -0.1) is 0 Å². The maximum absolute atomic E-state index is 10.9. The zero-order valence-electron chi connectivity index (χ0n) is 10.3. The summed E-state index contributed by atoms with van der Waals surface area (Å²) in [6, 6.07) is 7.32. The lowest BCUT2D eigenvalue weighted by Crippen LogP contribution is -2.05. The minimum Gasteiger partial charge on any atom is -0.493 e. The van der Waals surface area contributed by atoms with Crippen LogP contribution in [0.3, 0.4) is 0 Å². The predicted molar refractivity (Wildman–Crippen MR) is 67.4 cm³/mol. The fourth-order valence-corrected chi connectivity index (χ4v) is 1.48. The molecule has 0 amide bonds. The Bertz CT molecular complexity index is 424. The fourth-order valence-electron chi connectivity index (χ4n) is 1.48. The lowest BCUT2D eigenvalue weighted by atomic mass is 10.1. The van der Waals surface area contributed by atoms with Gasteiger partial charge < -0.3 is 4.74 Å². The van der Waals surface area contributed by atoms with Gasteiger partial charge in [-0.3, -0.25) is 10.1 Å². The van der Waals surface area contributed by atoms with E-state index in [9.17, 15) is 10.1 Å². The van der Waals surface area contributed by atoms with Crippen LogP contribution in [0.5, 0.6) is 5.75 Å². The Morgan fingerprint density at radius 1 is 1.47 bits per heavy atom. The standard InChI is InChI=1S/C13H17NO3/c1-4-17-13-8-6-5-7-11(13)9-12(10(2)3)14(15)16/h5-10H,4H2,1-3H3/b12-9-. The van der Waals surface area contributed by atoms with Crippen LogP contribution in [0.25, 0.3) is 6.08 Å². The Morgan fingerprint density at radius 3 is 2.65 bits per heavy atom. The summed E-state index contributed by atoms with van der Waals surface area (Å²) >= 11 is 0. The van der Waals surface area contributed by atoms with Gasteiger partial charge in [-0.2, -0.15) is 0 Å². The van der Waals surface area contributed by atoms with Crippen molar-refractivity contribution in [2.75, 3.05) is 6.61 Å². The van der Waals surface area contributed by atoms with Gasteiger partial charge in [0.25, 0.3) is 0 Å². The van der Waals surface area contributed by atoms with Crippen LogP contribution in [0.15, 0.2) is 30.0 Å². The van der Waals surface area contributed by atoms with Crippen LogP contribution in [0, 0.1) is 16.0 Å². The van der Waals surface area contributed by atoms with Crippen LogP contribution in [-0.4, -0.2) is 11.5 Å². The van der Waals surface area contributed by atoms with E-state index in [-0.39, 0.29) is 16.5 Å². The van der Waals surface area contributed by atoms with Crippen molar-refractivity contribution >= 4 is 6.08 Å². The summed E-state index contributed by atoms with van der Waals surface area (Å²) in [5.41, 5.74) is 0.937. The van der Waals surface area contributed by atoms with E-state index in [1.165, 1.54) is 0 Å². The highest BCUT2D eigenvalue weighted by molar-refractivity contribution is 5.58. The van der Waals surface area contributed by atoms with E-state index in [0.29, 0.717) is 12.4 Å². The summed E-state index contributed by atoms with van der Waals surface area (Å²) in [6.45, 7) is 6.04. The van der Waals surface area contributed by atoms with Crippen molar-refractivity contribution in [3.63, 3.8) is 0 Å². The highest BCUT2D eigenvalue weighted by Gasteiger charge is 2.16. The highest BCUT2D eigenvalue weighted by Crippen LogP contribution is 2.23. The van der Waals surface area contributed by atoms with Crippen molar-refractivity contribution in [1.29, 1.82) is 0 Å². The van der Waals surface area contributed by atoms with Crippen molar-refractivity contribution in [3.8, 4) is 5.75 Å². The molecule has 0 radical (unpaired) electrons. The molecular weight excluding hydrogens is 218 g/mol. The quantitative estimate of drug-likeness (QED) is 0.580. The molecule has 0 bridgehead atoms. The zero-order valence-corrected chi connectivity index (χ0v) is 10.3. The Morgan fingerprint density at radius 2 is 2.12 bits per heavy atom. The van der Waals surface area contributed by atoms with Crippen LogP contribution in [-0.2, 0) is 0 Å². The van der Waals surface area contributed by atoms with E-state index in [0.717, 1.165) is 5.56 Å². The molecular formula is C13H17NO3. The normalized spacial score (nSPS) is 11.6. The van der Waals surface area contributed by atoms with Crippen molar-refractivity contribution < 1.29 is 9.66 Å². The van der Waals surface area contributed by atoms with Crippen LogP contribution >= 0.6 is 0 Å². The highest BCUT2D eigenvalue weighted by atomic mass is 16.6. The number of nitrogens with zero attached hydrogens (tertiary/aromatic N) is 1. The third-order valence-electron chi connectivity index (χ3n) is 2.32. The molecule has 4 nitrogen and oxygen atoms in total. The smallest absolute Gasteiger partial charge is 0.249 e. The Labute approximate surface area is 101 Å². The largest absolute Gasteiger partial charge is 0.493 e. The minimum absolute atomic E-state index is 0.125. The zero-order chi connectivity index (χ0) is 12.8. The van der Waals surface area contributed by atoms with Gasteiger partial charge in [-0.1, -0.05) is 32.0 Å². The lowest BCUT2D eigenvalue weighted by molar-refractivity contribution is -0.431. The van der Waals surface area contributed by atoms with Gasteiger partial charge in [0.2, 0.25) is 5.70 Å². The first-order chi connectivity index (χ1) is 8.06. The summed E-state index contributed by atoms with van der Waals surface area (Å²) in [5.74, 6) is 0.551. The average Bonchev–Trinajstić information content (AvgIpc) is 2.27. The van der Waals surface area contributed by atoms with Crippen molar-refractivity contribution in [2.24, 2.45) is 5.92 Å². The number of hydrogen-bond acceptors (Lipinski definition) is 3. The van der Waals surface area contributed by atoms with Gasteiger partial charge in [-0.25, -0.2) is 0 Å². The molecule has 1 rings (SSSR count). The first kappa shape index (κ1) is 13.2. The number of ether oxygens (including phenoxy) is 1. The van der Waals surface area contributed by atoms with Crippen LogP contribution in [0.1, 0.15) is 26.3 Å². The van der Waals surface area contributed by atoms with E-state index in [1.807, 2.05) is 31.2 Å². The molecule has 0 aliphatic heterocycles. The Balaban J connectivity index is 3.14. The van der Waals surface area contributed by atoms with Crippen LogP contribution < -0.4 is 4.74 Å². The Hall–Kier alpha value is -1.84. The second-order valence-electron chi connectivity index (χ2n) is 3.95. The second kappa shape index (κ2) is 6.03. The summed E-state index contributed by atoms with van der Waals surface area (Å²) in [6.07, 6.45) is 1.58. The molecule has 0 saturated carbocycles. The maximum atomic E-state index is 10.9. The monoisotopic (exact) mass is 235 g/mol. The number of nitro groups is 1. The van der Waals surface area contributed by atoms with E-state index in [1.54, 1.807) is 19.9 Å². The predicted octanol–water partition coefficient (Wildman–Crippen LogP) is 3.36. The topological polar surface area (TPSA) is 52.4 Å². The SMILES string of the molecule is CCOc1ccccc1/C=C(/C(C)C)[N+](=O)[O-]. The van der Waals surface area contributed by atoms with Gasteiger partial charge in [0.15, 0.2) is 0 Å². The van der Waals surface area contributed by atoms with Crippen molar-refractivity contribution in [1.82, 2.24) is 0 Å². The minimum atomic E-state index is -0.340. The van der Waals surface area contributed by atoms with Crippen molar-refractivity contribution in [2.45, 2.75) is 20.8 Å². The van der Waals surface area contributed by atoms with Gasteiger partial charge in [0.05, 0.1) is 11.5 Å². The molecule has 0 aromatic heterocycles. The van der Waals surface area contributed by atoms with Gasteiger partial charge in [0.1, 0.15) is 5.75 Å². The molecule has 0 atom stereocenters. The van der Waals surface area contributed by atoms with E-state index >= 15 is 0 Å². The third-order valence-corrected chi connectivity index (χ3v) is 2.32. The molecule has 0 aliphatic carbocycles. The molecule has 92 valence electrons. The van der Waals surface area contributed by atoms with Crippen LogP contribution in [0.4, 0.5) is 0 Å². The van der Waals surface area contributed by atoms with Crippen LogP contribution in [0.2, 0.25) is 0 Å². The third kappa shape index (κ3) is 3.59. The molecule has 0 saturated heterocycles. The number of benzene rings is 1. The lowest BCUT2D eigenvalue weighted by Gasteiger charge is -2.07. The molecule has 1 aromatic rings. The number of para-hydroxylation sites is 1. The molecule has 17 heavy (non-hydrogen) atoms. The second-order valence-corrected chi connectivity index (χ2v) is 3.95. The number of rotatable bonds is 5. The van der Waals surface area contributed by atoms with E-state index in [2.05, 4.69) is 0 Å². The summed E-state index contributed by atoms with van der Waals surface area (Å²) in [4.78, 5) is 10.6. The van der Waals surface area contributed by atoms with Gasteiger partial charge in [-0.05, 0) is 13.0 Å². The number of allylic oxidation sites excluding steroid dienone is 1. The Kier molecular flexibility index (Phi) is 4.69. The molecule has 0 N–H and O–H groups in total. The molecule has 0 spiro atoms.